The van der Waals surface area contributed by atoms with Gasteiger partial charge >= 0.3 is 0 Å². The first-order valence-electron chi connectivity index (χ1n) is 7.98. The van der Waals surface area contributed by atoms with Crippen LogP contribution >= 0.6 is 12.4 Å². The molecule has 0 aromatic rings. The van der Waals surface area contributed by atoms with E-state index in [1.807, 2.05) is 0 Å². The van der Waals surface area contributed by atoms with E-state index in [9.17, 15) is 9.59 Å². The zero-order chi connectivity index (χ0) is 14.1. The quantitative estimate of drug-likeness (QED) is 0.821. The summed E-state index contributed by atoms with van der Waals surface area (Å²) in [6, 6.07) is 0.856. The molecular weight excluding hydrogens is 290 g/mol. The van der Waals surface area contributed by atoms with E-state index in [4.69, 9.17) is 5.73 Å². The minimum Gasteiger partial charge on any atom is -0.368 e. The van der Waals surface area contributed by atoms with Crippen molar-refractivity contribution >= 4 is 24.2 Å². The summed E-state index contributed by atoms with van der Waals surface area (Å²) in [5.74, 6) is 0.278. The molecule has 0 saturated carbocycles. The highest BCUT2D eigenvalue weighted by atomic mass is 35.5. The Morgan fingerprint density at radius 2 is 1.76 bits per heavy atom. The third kappa shape index (κ3) is 3.69. The number of hydrogen-bond donors (Lipinski definition) is 2. The molecule has 0 aliphatic carbocycles. The number of carbonyl (C=O) groups excluding carboxylic acids is 2. The Labute approximate surface area is 132 Å². The van der Waals surface area contributed by atoms with Crippen LogP contribution in [0.15, 0.2) is 0 Å². The van der Waals surface area contributed by atoms with Crippen molar-refractivity contribution in [1.82, 2.24) is 10.2 Å². The summed E-state index contributed by atoms with van der Waals surface area (Å²) in [5.41, 5.74) is 5.44. The summed E-state index contributed by atoms with van der Waals surface area (Å²) >= 11 is 0. The number of nitrogens with one attached hydrogen (secondary N) is 1. The minimum absolute atomic E-state index is 0. The van der Waals surface area contributed by atoms with Crippen molar-refractivity contribution in [3.63, 3.8) is 0 Å². The fourth-order valence-electron chi connectivity index (χ4n) is 4.23. The van der Waals surface area contributed by atoms with E-state index in [-0.39, 0.29) is 30.3 Å². The first-order valence-corrected chi connectivity index (χ1v) is 7.98. The fourth-order valence-corrected chi connectivity index (χ4v) is 4.23. The van der Waals surface area contributed by atoms with Gasteiger partial charge in [-0.1, -0.05) is 0 Å². The Balaban J connectivity index is 0.00000161. The van der Waals surface area contributed by atoms with Crippen LogP contribution in [0.4, 0.5) is 0 Å². The van der Waals surface area contributed by atoms with Gasteiger partial charge in [0.1, 0.15) is 6.04 Å². The third-order valence-electron chi connectivity index (χ3n) is 5.19. The topological polar surface area (TPSA) is 75.4 Å². The molecule has 3 rings (SSSR count). The molecule has 3 saturated heterocycles. The number of carbonyl (C=O) groups is 2. The summed E-state index contributed by atoms with van der Waals surface area (Å²) in [4.78, 5) is 25.8. The Morgan fingerprint density at radius 1 is 1.10 bits per heavy atom. The van der Waals surface area contributed by atoms with Gasteiger partial charge in [-0.2, -0.15) is 0 Å². The highest BCUT2D eigenvalue weighted by Crippen LogP contribution is 2.33. The molecule has 3 heterocycles. The van der Waals surface area contributed by atoms with Gasteiger partial charge in [-0.3, -0.25) is 9.59 Å². The molecule has 5 nitrogen and oxygen atoms in total. The van der Waals surface area contributed by atoms with Crippen LogP contribution < -0.4 is 11.1 Å². The smallest absolute Gasteiger partial charge is 0.240 e. The number of piperidine rings is 2. The summed E-state index contributed by atoms with van der Waals surface area (Å²) in [6.07, 6.45) is 8.04. The number of nitrogens with zero attached hydrogens (tertiary/aromatic N) is 1. The molecule has 3 N–H and O–H groups in total. The Kier molecular flexibility index (Phi) is 5.49. The average molecular weight is 316 g/mol. The largest absolute Gasteiger partial charge is 0.368 e. The maximum Gasteiger partial charge on any atom is 0.240 e. The lowest BCUT2D eigenvalue weighted by Crippen LogP contribution is -2.51. The van der Waals surface area contributed by atoms with Crippen LogP contribution in [0.25, 0.3) is 0 Å². The molecular formula is C15H26ClN3O2. The Hall–Kier alpha value is -0.810. The zero-order valence-corrected chi connectivity index (χ0v) is 13.2. The van der Waals surface area contributed by atoms with Crippen molar-refractivity contribution in [1.29, 1.82) is 0 Å². The molecule has 0 aromatic carbocycles. The molecule has 3 atom stereocenters. The lowest BCUT2D eigenvalue weighted by atomic mass is 9.88. The summed E-state index contributed by atoms with van der Waals surface area (Å²) < 4.78 is 0. The number of fused-ring (bicyclic) bond motifs is 2. The van der Waals surface area contributed by atoms with E-state index in [1.165, 1.54) is 12.8 Å². The molecule has 21 heavy (non-hydrogen) atoms. The van der Waals surface area contributed by atoms with Gasteiger partial charge in [0.15, 0.2) is 0 Å². The predicted octanol–water partition coefficient (Wildman–Crippen LogP) is 1.20. The average Bonchev–Trinajstić information content (AvgIpc) is 2.78. The van der Waals surface area contributed by atoms with Crippen molar-refractivity contribution in [2.45, 2.75) is 69.5 Å². The maximum atomic E-state index is 12.5. The van der Waals surface area contributed by atoms with E-state index in [2.05, 4.69) is 5.32 Å². The SMILES string of the molecule is Cl.NC(=O)C1CCCCN1C(=O)CC1CC2CCC(C1)N2. The van der Waals surface area contributed by atoms with Crippen molar-refractivity contribution in [2.75, 3.05) is 6.54 Å². The zero-order valence-electron chi connectivity index (χ0n) is 12.4. The van der Waals surface area contributed by atoms with Gasteiger partial charge in [0, 0.05) is 25.0 Å². The number of rotatable bonds is 3. The highest BCUT2D eigenvalue weighted by molar-refractivity contribution is 5.87. The molecule has 3 unspecified atom stereocenters. The van der Waals surface area contributed by atoms with E-state index < -0.39 is 0 Å². The van der Waals surface area contributed by atoms with Crippen molar-refractivity contribution < 1.29 is 9.59 Å². The molecule has 0 aromatic heterocycles. The molecule has 2 amide bonds. The van der Waals surface area contributed by atoms with E-state index in [0.29, 0.717) is 31.0 Å². The molecule has 0 spiro atoms. The van der Waals surface area contributed by atoms with E-state index >= 15 is 0 Å². The molecule has 3 fully saturated rings. The lowest BCUT2D eigenvalue weighted by Gasteiger charge is -2.36. The van der Waals surface area contributed by atoms with Gasteiger partial charge in [-0.25, -0.2) is 0 Å². The first-order chi connectivity index (χ1) is 9.63. The monoisotopic (exact) mass is 315 g/mol. The molecule has 6 heteroatoms. The standard InChI is InChI=1S/C15H25N3O2.ClH/c16-15(20)13-3-1-2-6-18(13)14(19)9-10-7-11-4-5-12(8-10)17-11;/h10-13,17H,1-9H2,(H2,16,20);1H. The normalized spacial score (nSPS) is 35.1. The fraction of sp³-hybridized carbons (Fsp3) is 0.867. The number of nitrogens with two attached hydrogens (primary N) is 1. The second-order valence-electron chi connectivity index (χ2n) is 6.68. The van der Waals surface area contributed by atoms with Crippen molar-refractivity contribution in [2.24, 2.45) is 11.7 Å². The van der Waals surface area contributed by atoms with Crippen LogP contribution in [-0.4, -0.2) is 41.4 Å². The van der Waals surface area contributed by atoms with E-state index in [0.717, 1.165) is 32.1 Å². The van der Waals surface area contributed by atoms with Crippen molar-refractivity contribution in [3.05, 3.63) is 0 Å². The third-order valence-corrected chi connectivity index (χ3v) is 5.19. The number of halogens is 1. The molecule has 120 valence electrons. The Bertz CT molecular complexity index is 392. The number of amides is 2. The summed E-state index contributed by atoms with van der Waals surface area (Å²) in [7, 11) is 0. The van der Waals surface area contributed by atoms with Gasteiger partial charge in [0.05, 0.1) is 0 Å². The van der Waals surface area contributed by atoms with Gasteiger partial charge in [0.25, 0.3) is 0 Å². The van der Waals surface area contributed by atoms with Gasteiger partial charge in [-0.15, -0.1) is 12.4 Å². The lowest BCUT2D eigenvalue weighted by molar-refractivity contribution is -0.142. The van der Waals surface area contributed by atoms with Crippen LogP contribution in [0.5, 0.6) is 0 Å². The van der Waals surface area contributed by atoms with Crippen molar-refractivity contribution in [3.8, 4) is 0 Å². The van der Waals surface area contributed by atoms with Crippen LogP contribution in [0.1, 0.15) is 51.4 Å². The minimum atomic E-state index is -0.366. The summed E-state index contributed by atoms with van der Waals surface area (Å²) in [5, 5.41) is 3.60. The Morgan fingerprint density at radius 3 is 2.38 bits per heavy atom. The van der Waals surface area contributed by atoms with Crippen LogP contribution in [0.3, 0.4) is 0 Å². The van der Waals surface area contributed by atoms with Crippen LogP contribution in [0, 0.1) is 5.92 Å². The molecule has 3 aliphatic heterocycles. The first kappa shape index (κ1) is 16.6. The van der Waals surface area contributed by atoms with Crippen LogP contribution in [0.2, 0.25) is 0 Å². The van der Waals surface area contributed by atoms with Crippen LogP contribution in [-0.2, 0) is 9.59 Å². The number of likely N-dealkylation sites (tertiary alicyclic amines) is 1. The van der Waals surface area contributed by atoms with Gasteiger partial charge in [0.2, 0.25) is 11.8 Å². The number of primary amides is 1. The second kappa shape index (κ2) is 6.97. The number of hydrogen-bond acceptors (Lipinski definition) is 3. The van der Waals surface area contributed by atoms with E-state index in [1.54, 1.807) is 4.90 Å². The summed E-state index contributed by atoms with van der Waals surface area (Å²) in [6.45, 7) is 0.699. The maximum absolute atomic E-state index is 12.5. The van der Waals surface area contributed by atoms with Gasteiger partial charge in [-0.05, 0) is 50.9 Å². The molecule has 0 radical (unpaired) electrons. The highest BCUT2D eigenvalue weighted by Gasteiger charge is 2.36. The molecule has 3 aliphatic rings. The molecule has 2 bridgehead atoms. The second-order valence-corrected chi connectivity index (χ2v) is 6.68. The predicted molar refractivity (Wildman–Crippen MR) is 83.1 cm³/mol. The van der Waals surface area contributed by atoms with Gasteiger partial charge < -0.3 is 16.0 Å².